The van der Waals surface area contributed by atoms with E-state index in [4.69, 9.17) is 0 Å². The summed E-state index contributed by atoms with van der Waals surface area (Å²) in [5, 5.41) is 0. The van der Waals surface area contributed by atoms with Gasteiger partial charge >= 0.3 is 98.0 Å². The summed E-state index contributed by atoms with van der Waals surface area (Å²) < 4.78 is 2.26. The number of hydrogen-bond donors (Lipinski definition) is 0. The molecule has 0 unspecified atom stereocenters. The third kappa shape index (κ3) is 2.10. The van der Waals surface area contributed by atoms with E-state index in [0.717, 1.165) is 0 Å². The van der Waals surface area contributed by atoms with E-state index in [1.165, 1.54) is 34.2 Å². The second kappa shape index (κ2) is 4.51. The molecule has 0 aliphatic carbocycles. The first kappa shape index (κ1) is 9.59. The van der Waals surface area contributed by atoms with E-state index in [-0.39, 0.29) is 0 Å². The average Bonchev–Trinajstić information content (AvgIpc) is 2.30. The fraction of sp³-hybridized carbons (Fsp3) is 0. The van der Waals surface area contributed by atoms with Gasteiger partial charge in [-0.25, -0.2) is 0 Å². The SMILES string of the molecule is [Sn][N](c1ccccc1)c1ccccc1. The average molecular weight is 287 g/mol. The zero-order valence-corrected chi connectivity index (χ0v) is 10.6. The Kier molecular flexibility index (Phi) is 3.09. The van der Waals surface area contributed by atoms with Crippen molar-refractivity contribution in [1.29, 1.82) is 0 Å². The van der Waals surface area contributed by atoms with Crippen molar-refractivity contribution in [1.82, 2.24) is 0 Å². The van der Waals surface area contributed by atoms with E-state index >= 15 is 0 Å². The van der Waals surface area contributed by atoms with E-state index < -0.39 is 0 Å². The van der Waals surface area contributed by atoms with Crippen molar-refractivity contribution < 1.29 is 0 Å². The van der Waals surface area contributed by atoms with Gasteiger partial charge in [0, 0.05) is 0 Å². The molecule has 0 saturated heterocycles. The standard InChI is InChI=1S/C12H10N.Sn/c1-3-7-11(8-4-1)13-12-9-5-2-6-10-12;/h1-10H;/q-1;+1. The van der Waals surface area contributed by atoms with Crippen LogP contribution in [0.1, 0.15) is 0 Å². The molecular weight excluding hydrogens is 277 g/mol. The Morgan fingerprint density at radius 1 is 0.643 bits per heavy atom. The van der Waals surface area contributed by atoms with Gasteiger partial charge in [0.05, 0.1) is 0 Å². The first-order valence-corrected chi connectivity index (χ1v) is 5.77. The van der Waals surface area contributed by atoms with Crippen molar-refractivity contribution >= 4 is 34.2 Å². The predicted octanol–water partition coefficient (Wildman–Crippen LogP) is 2.91. The second-order valence-electron chi connectivity index (χ2n) is 3.01. The normalized spacial score (nSPS) is 9.79. The summed E-state index contributed by atoms with van der Waals surface area (Å²) in [5.41, 5.74) is 2.49. The minimum atomic E-state index is 1.25. The molecule has 2 aromatic carbocycles. The van der Waals surface area contributed by atoms with Crippen LogP contribution in [0.3, 0.4) is 0 Å². The van der Waals surface area contributed by atoms with Gasteiger partial charge in [0.2, 0.25) is 0 Å². The van der Waals surface area contributed by atoms with Gasteiger partial charge in [0.15, 0.2) is 0 Å². The molecule has 0 heterocycles. The Hall–Kier alpha value is -0.961. The van der Waals surface area contributed by atoms with Crippen LogP contribution < -0.4 is 3.12 Å². The summed E-state index contributed by atoms with van der Waals surface area (Å²) in [5.74, 6) is 0. The van der Waals surface area contributed by atoms with Gasteiger partial charge in [-0.1, -0.05) is 0 Å². The molecule has 0 saturated carbocycles. The number of rotatable bonds is 2. The Bertz CT molecular complexity index is 346. The van der Waals surface area contributed by atoms with Crippen LogP contribution in [0.4, 0.5) is 11.4 Å². The van der Waals surface area contributed by atoms with Crippen LogP contribution >= 0.6 is 0 Å². The van der Waals surface area contributed by atoms with Gasteiger partial charge in [-0.05, 0) is 0 Å². The van der Waals surface area contributed by atoms with E-state index in [9.17, 15) is 0 Å². The fourth-order valence-electron chi connectivity index (χ4n) is 1.30. The fourth-order valence-corrected chi connectivity index (χ4v) is 2.15. The maximum absolute atomic E-state index is 2.26. The molecule has 2 rings (SSSR count). The second-order valence-corrected chi connectivity index (χ2v) is 4.28. The van der Waals surface area contributed by atoms with Gasteiger partial charge < -0.3 is 0 Å². The zero-order chi connectivity index (χ0) is 9.80. The van der Waals surface area contributed by atoms with Crippen LogP contribution in [0.5, 0.6) is 0 Å². The Balaban J connectivity index is 2.30. The number of hydrogen-bond acceptors (Lipinski definition) is 1. The van der Waals surface area contributed by atoms with Crippen molar-refractivity contribution in [2.45, 2.75) is 0 Å². The quantitative estimate of drug-likeness (QED) is 0.768. The molecule has 0 spiro atoms. The minimum absolute atomic E-state index is 1.25. The van der Waals surface area contributed by atoms with Crippen molar-refractivity contribution in [3.05, 3.63) is 60.7 Å². The number of anilines is 2. The first-order valence-electron chi connectivity index (χ1n) is 4.49. The van der Waals surface area contributed by atoms with E-state index in [2.05, 4.69) is 51.7 Å². The van der Waals surface area contributed by atoms with E-state index in [0.29, 0.717) is 0 Å². The molecule has 0 bridgehead atoms. The first-order chi connectivity index (χ1) is 6.88. The summed E-state index contributed by atoms with van der Waals surface area (Å²) >= 11 is 1.38. The van der Waals surface area contributed by atoms with Crippen molar-refractivity contribution in [2.75, 3.05) is 3.12 Å². The van der Waals surface area contributed by atoms with Gasteiger partial charge in [0.25, 0.3) is 0 Å². The third-order valence-electron chi connectivity index (χ3n) is 2.03. The molecule has 0 aliphatic heterocycles. The Labute approximate surface area is 97.8 Å². The molecule has 3 radical (unpaired) electrons. The van der Waals surface area contributed by atoms with Gasteiger partial charge in [-0.3, -0.25) is 0 Å². The summed E-state index contributed by atoms with van der Waals surface area (Å²) in [6.45, 7) is 0. The van der Waals surface area contributed by atoms with Gasteiger partial charge in [0.1, 0.15) is 0 Å². The van der Waals surface area contributed by atoms with Crippen LogP contribution in [0.15, 0.2) is 60.7 Å². The van der Waals surface area contributed by atoms with Crippen molar-refractivity contribution in [3.63, 3.8) is 0 Å². The monoisotopic (exact) mass is 288 g/mol. The summed E-state index contributed by atoms with van der Waals surface area (Å²) in [7, 11) is 0. The molecule has 0 amide bonds. The molecule has 2 aromatic rings. The van der Waals surface area contributed by atoms with Gasteiger partial charge in [-0.2, -0.15) is 0 Å². The molecular formula is C12H10NSn. The molecule has 0 N–H and O–H groups in total. The summed E-state index contributed by atoms with van der Waals surface area (Å²) in [6.07, 6.45) is 0. The molecule has 67 valence electrons. The Morgan fingerprint density at radius 2 is 1.00 bits per heavy atom. The predicted molar refractivity (Wildman–Crippen MR) is 60.8 cm³/mol. The Morgan fingerprint density at radius 3 is 1.36 bits per heavy atom. The zero-order valence-electron chi connectivity index (χ0n) is 7.72. The molecule has 14 heavy (non-hydrogen) atoms. The summed E-state index contributed by atoms with van der Waals surface area (Å²) in [4.78, 5) is 0. The van der Waals surface area contributed by atoms with Crippen LogP contribution in [-0.4, -0.2) is 22.8 Å². The van der Waals surface area contributed by atoms with Crippen molar-refractivity contribution in [2.24, 2.45) is 0 Å². The number of benzene rings is 2. The van der Waals surface area contributed by atoms with Crippen molar-refractivity contribution in [3.8, 4) is 0 Å². The molecule has 0 fully saturated rings. The summed E-state index contributed by atoms with van der Waals surface area (Å²) in [6, 6.07) is 20.8. The topological polar surface area (TPSA) is 3.24 Å². The third-order valence-corrected chi connectivity index (χ3v) is 3.50. The molecule has 2 heteroatoms. The molecule has 0 aromatic heterocycles. The van der Waals surface area contributed by atoms with Crippen LogP contribution in [0.2, 0.25) is 0 Å². The van der Waals surface area contributed by atoms with Gasteiger partial charge in [-0.15, -0.1) is 0 Å². The van der Waals surface area contributed by atoms with E-state index in [1.54, 1.807) is 0 Å². The van der Waals surface area contributed by atoms with Crippen LogP contribution in [0, 0.1) is 0 Å². The molecule has 1 nitrogen and oxygen atoms in total. The number of para-hydroxylation sites is 2. The van der Waals surface area contributed by atoms with E-state index in [1.807, 2.05) is 12.1 Å². The number of nitrogens with zero attached hydrogens (tertiary/aromatic N) is 1. The molecule has 0 atom stereocenters. The van der Waals surface area contributed by atoms with Crippen LogP contribution in [-0.2, 0) is 0 Å². The molecule has 0 aliphatic rings. The van der Waals surface area contributed by atoms with Crippen LogP contribution in [0.25, 0.3) is 0 Å². The maximum atomic E-state index is 2.26.